The maximum atomic E-state index is 12.3. The molecule has 1 aliphatic carbocycles. The molecule has 3 amide bonds. The standard InChI is InChI=1S/C16H16N2O5/c1-9(16(22)23-8-13(19)17-10-6-7-10)18-14(20)11-4-2-3-5-12(11)15(18)21/h2-5,9-10H,6-8H2,1H3,(H,17,19)/t9-/m0/s1. The third-order valence-electron chi connectivity index (χ3n) is 3.84. The topological polar surface area (TPSA) is 92.8 Å². The lowest BCUT2D eigenvalue weighted by Crippen LogP contribution is -2.44. The van der Waals surface area contributed by atoms with Crippen molar-refractivity contribution in [1.29, 1.82) is 0 Å². The summed E-state index contributed by atoms with van der Waals surface area (Å²) in [4.78, 5) is 48.9. The van der Waals surface area contributed by atoms with E-state index in [1.165, 1.54) is 19.1 Å². The molecule has 1 aromatic carbocycles. The number of ether oxygens (including phenoxy) is 1. The number of amides is 3. The van der Waals surface area contributed by atoms with Gasteiger partial charge in [-0.2, -0.15) is 0 Å². The van der Waals surface area contributed by atoms with Crippen LogP contribution in [0.25, 0.3) is 0 Å². The zero-order valence-corrected chi connectivity index (χ0v) is 12.6. The van der Waals surface area contributed by atoms with Crippen LogP contribution in [-0.4, -0.2) is 47.3 Å². The normalized spacial score (nSPS) is 17.7. The molecule has 2 aliphatic rings. The van der Waals surface area contributed by atoms with Crippen LogP contribution in [0.1, 0.15) is 40.5 Å². The Balaban J connectivity index is 1.62. The number of nitrogens with one attached hydrogen (secondary N) is 1. The molecule has 1 aliphatic heterocycles. The third kappa shape index (κ3) is 2.94. The summed E-state index contributed by atoms with van der Waals surface area (Å²) in [5, 5.41) is 2.69. The molecule has 0 saturated heterocycles. The molecule has 0 radical (unpaired) electrons. The fourth-order valence-corrected chi connectivity index (χ4v) is 2.42. The molecule has 120 valence electrons. The van der Waals surface area contributed by atoms with Gasteiger partial charge in [-0.15, -0.1) is 0 Å². The van der Waals surface area contributed by atoms with Gasteiger partial charge in [-0.05, 0) is 31.9 Å². The molecule has 1 atom stereocenters. The van der Waals surface area contributed by atoms with E-state index in [0.29, 0.717) is 0 Å². The SMILES string of the molecule is C[C@@H](C(=O)OCC(=O)NC1CC1)N1C(=O)c2ccccc2C1=O. The number of esters is 1. The largest absolute Gasteiger partial charge is 0.454 e. The molecule has 23 heavy (non-hydrogen) atoms. The van der Waals surface area contributed by atoms with Crippen LogP contribution in [-0.2, 0) is 14.3 Å². The van der Waals surface area contributed by atoms with Crippen molar-refractivity contribution in [3.63, 3.8) is 0 Å². The molecule has 1 heterocycles. The van der Waals surface area contributed by atoms with E-state index in [0.717, 1.165) is 17.7 Å². The molecule has 7 nitrogen and oxygen atoms in total. The van der Waals surface area contributed by atoms with Crippen LogP contribution < -0.4 is 5.32 Å². The molecule has 7 heteroatoms. The van der Waals surface area contributed by atoms with Gasteiger partial charge in [0, 0.05) is 6.04 Å². The molecular weight excluding hydrogens is 300 g/mol. The Morgan fingerprint density at radius 1 is 1.22 bits per heavy atom. The van der Waals surface area contributed by atoms with E-state index in [1.807, 2.05) is 0 Å². The molecule has 0 spiro atoms. The second-order valence-electron chi connectivity index (χ2n) is 5.65. The molecule has 1 aromatic rings. The van der Waals surface area contributed by atoms with Crippen LogP contribution in [0.3, 0.4) is 0 Å². The number of benzene rings is 1. The zero-order valence-electron chi connectivity index (χ0n) is 12.6. The second-order valence-corrected chi connectivity index (χ2v) is 5.65. The number of hydrogen-bond donors (Lipinski definition) is 1. The summed E-state index contributed by atoms with van der Waals surface area (Å²) in [7, 11) is 0. The van der Waals surface area contributed by atoms with Crippen molar-refractivity contribution in [2.24, 2.45) is 0 Å². The van der Waals surface area contributed by atoms with Gasteiger partial charge in [-0.3, -0.25) is 19.3 Å². The van der Waals surface area contributed by atoms with Crippen molar-refractivity contribution in [3.8, 4) is 0 Å². The fraction of sp³-hybridized carbons (Fsp3) is 0.375. The smallest absolute Gasteiger partial charge is 0.329 e. The minimum Gasteiger partial charge on any atom is -0.454 e. The number of nitrogens with zero attached hydrogens (tertiary/aromatic N) is 1. The third-order valence-corrected chi connectivity index (χ3v) is 3.84. The van der Waals surface area contributed by atoms with E-state index >= 15 is 0 Å². The molecule has 1 fully saturated rings. The van der Waals surface area contributed by atoms with Gasteiger partial charge in [0.05, 0.1) is 11.1 Å². The van der Waals surface area contributed by atoms with E-state index in [2.05, 4.69) is 5.32 Å². The Bertz CT molecular complexity index is 660. The minimum absolute atomic E-state index is 0.176. The number of fused-ring (bicyclic) bond motifs is 1. The van der Waals surface area contributed by atoms with Gasteiger partial charge in [-0.25, -0.2) is 4.79 Å². The van der Waals surface area contributed by atoms with E-state index in [9.17, 15) is 19.2 Å². The average Bonchev–Trinajstić information content (AvgIpc) is 3.32. The van der Waals surface area contributed by atoms with Crippen LogP contribution in [0.2, 0.25) is 0 Å². The number of carbonyl (C=O) groups is 4. The average molecular weight is 316 g/mol. The first kappa shape index (κ1) is 15.2. The summed E-state index contributed by atoms with van der Waals surface area (Å²) < 4.78 is 4.91. The number of hydrogen-bond acceptors (Lipinski definition) is 5. The summed E-state index contributed by atoms with van der Waals surface area (Å²) in [5.74, 6) is -2.23. The van der Waals surface area contributed by atoms with Crippen molar-refractivity contribution >= 4 is 23.7 Å². The first-order valence-electron chi connectivity index (χ1n) is 7.42. The summed E-state index contributed by atoms with van der Waals surface area (Å²) in [6.07, 6.45) is 1.87. The van der Waals surface area contributed by atoms with Crippen LogP contribution in [0.5, 0.6) is 0 Å². The number of imide groups is 1. The van der Waals surface area contributed by atoms with Gasteiger partial charge in [-0.1, -0.05) is 12.1 Å². The van der Waals surface area contributed by atoms with Gasteiger partial charge < -0.3 is 10.1 Å². The van der Waals surface area contributed by atoms with Gasteiger partial charge in [0.15, 0.2) is 6.61 Å². The maximum Gasteiger partial charge on any atom is 0.329 e. The Morgan fingerprint density at radius 2 is 1.78 bits per heavy atom. The predicted molar refractivity (Wildman–Crippen MR) is 78.5 cm³/mol. The molecular formula is C16H16N2O5. The van der Waals surface area contributed by atoms with Crippen LogP contribution in [0, 0.1) is 0 Å². The first-order chi connectivity index (χ1) is 11.0. The zero-order chi connectivity index (χ0) is 16.6. The predicted octanol–water partition coefficient (Wildman–Crippen LogP) is 0.493. The molecule has 1 saturated carbocycles. The number of carbonyl (C=O) groups excluding carboxylic acids is 4. The molecule has 3 rings (SSSR count). The first-order valence-corrected chi connectivity index (χ1v) is 7.42. The van der Waals surface area contributed by atoms with Gasteiger partial charge in [0.2, 0.25) is 0 Å². The molecule has 0 bridgehead atoms. The van der Waals surface area contributed by atoms with Crippen molar-refractivity contribution in [1.82, 2.24) is 10.2 Å². The van der Waals surface area contributed by atoms with E-state index < -0.39 is 30.4 Å². The summed E-state index contributed by atoms with van der Waals surface area (Å²) in [5.41, 5.74) is 0.534. The highest BCUT2D eigenvalue weighted by molar-refractivity contribution is 6.22. The lowest BCUT2D eigenvalue weighted by molar-refractivity contribution is -0.151. The monoisotopic (exact) mass is 316 g/mol. The van der Waals surface area contributed by atoms with Crippen LogP contribution >= 0.6 is 0 Å². The van der Waals surface area contributed by atoms with Gasteiger partial charge >= 0.3 is 5.97 Å². The highest BCUT2D eigenvalue weighted by atomic mass is 16.5. The molecule has 0 unspecified atom stereocenters. The van der Waals surface area contributed by atoms with Crippen molar-refractivity contribution < 1.29 is 23.9 Å². The minimum atomic E-state index is -1.09. The number of rotatable bonds is 5. The van der Waals surface area contributed by atoms with Crippen LogP contribution in [0.4, 0.5) is 0 Å². The molecule has 0 aromatic heterocycles. The fourth-order valence-electron chi connectivity index (χ4n) is 2.42. The lowest BCUT2D eigenvalue weighted by atomic mass is 10.1. The van der Waals surface area contributed by atoms with Crippen molar-refractivity contribution in [2.45, 2.75) is 31.8 Å². The second kappa shape index (κ2) is 5.83. The Kier molecular flexibility index (Phi) is 3.85. The van der Waals surface area contributed by atoms with Crippen LogP contribution in [0.15, 0.2) is 24.3 Å². The summed E-state index contributed by atoms with van der Waals surface area (Å²) in [6.45, 7) is 0.992. The summed E-state index contributed by atoms with van der Waals surface area (Å²) >= 11 is 0. The lowest BCUT2D eigenvalue weighted by Gasteiger charge is -2.20. The van der Waals surface area contributed by atoms with E-state index in [4.69, 9.17) is 4.74 Å². The Labute approximate surface area is 132 Å². The highest BCUT2D eigenvalue weighted by Crippen LogP contribution is 2.24. The van der Waals surface area contributed by atoms with Crippen molar-refractivity contribution in [3.05, 3.63) is 35.4 Å². The maximum absolute atomic E-state index is 12.3. The van der Waals surface area contributed by atoms with E-state index in [1.54, 1.807) is 12.1 Å². The van der Waals surface area contributed by atoms with Crippen molar-refractivity contribution in [2.75, 3.05) is 6.61 Å². The molecule has 1 N–H and O–H groups in total. The Hall–Kier alpha value is -2.70. The summed E-state index contributed by atoms with van der Waals surface area (Å²) in [6, 6.07) is 5.47. The van der Waals surface area contributed by atoms with E-state index in [-0.39, 0.29) is 23.1 Å². The highest BCUT2D eigenvalue weighted by Gasteiger charge is 2.41. The quantitative estimate of drug-likeness (QED) is 0.630. The van der Waals surface area contributed by atoms with Gasteiger partial charge in [0.1, 0.15) is 6.04 Å². The Morgan fingerprint density at radius 3 is 2.30 bits per heavy atom. The van der Waals surface area contributed by atoms with Gasteiger partial charge in [0.25, 0.3) is 17.7 Å².